The van der Waals surface area contributed by atoms with Crippen LogP contribution >= 0.6 is 11.3 Å². The number of hydrogen-bond acceptors (Lipinski definition) is 4. The molecule has 1 aromatic heterocycles. The summed E-state index contributed by atoms with van der Waals surface area (Å²) in [7, 11) is 3.11. The van der Waals surface area contributed by atoms with E-state index in [0.29, 0.717) is 16.4 Å². The maximum atomic E-state index is 13.8. The molecule has 0 saturated heterocycles. The van der Waals surface area contributed by atoms with Crippen molar-refractivity contribution in [1.29, 1.82) is 0 Å². The molecule has 0 aliphatic carbocycles. The highest BCUT2D eigenvalue weighted by atomic mass is 32.1. The number of hydrogen-bond donors (Lipinski definition) is 0. The van der Waals surface area contributed by atoms with E-state index in [1.54, 1.807) is 20.2 Å². The number of carbonyl (C=O) groups is 1. The summed E-state index contributed by atoms with van der Waals surface area (Å²) in [4.78, 5) is 27.2. The topological polar surface area (TPSA) is 51.5 Å². The largest absolute Gasteiger partial charge is 0.496 e. The molecule has 0 N–H and O–H groups in total. The van der Waals surface area contributed by atoms with Crippen LogP contribution in [0.25, 0.3) is 0 Å². The van der Waals surface area contributed by atoms with E-state index >= 15 is 0 Å². The molecule has 1 atom stereocenters. The second-order valence-corrected chi connectivity index (χ2v) is 7.43. The van der Waals surface area contributed by atoms with Crippen molar-refractivity contribution in [2.24, 2.45) is 7.05 Å². The molecule has 0 spiro atoms. The number of thiazole rings is 1. The van der Waals surface area contributed by atoms with Gasteiger partial charge in [-0.3, -0.25) is 19.1 Å². The molecule has 3 aromatic rings. The molecule has 0 radical (unpaired) electrons. The fraction of sp³-hybridized carbons (Fsp3) is 0.200. The molecular formula is C20H16F2N2O3S. The van der Waals surface area contributed by atoms with Gasteiger partial charge < -0.3 is 4.74 Å². The van der Waals surface area contributed by atoms with Crippen LogP contribution in [0.2, 0.25) is 0 Å². The number of fused-ring (bicyclic) bond motifs is 1. The van der Waals surface area contributed by atoms with Gasteiger partial charge in [-0.1, -0.05) is 29.5 Å². The van der Waals surface area contributed by atoms with Crippen LogP contribution in [0.1, 0.15) is 22.8 Å². The standard InChI is InChI=1S/C20H16F2N2O3S/c1-23-19-18(28-20(23)26)13(12-5-3-4-6-16(12)27-2)10-17(25)24(19)11-7-8-14(21)15(22)9-11/h3-9,13H,10H2,1-2H3/t13-/m0/s1. The maximum absolute atomic E-state index is 13.8. The summed E-state index contributed by atoms with van der Waals surface area (Å²) in [6.45, 7) is 0. The summed E-state index contributed by atoms with van der Waals surface area (Å²) in [6.07, 6.45) is 0.0757. The van der Waals surface area contributed by atoms with Crippen molar-refractivity contribution in [3.8, 4) is 5.75 Å². The second-order valence-electron chi connectivity index (χ2n) is 6.44. The van der Waals surface area contributed by atoms with E-state index in [4.69, 9.17) is 4.74 Å². The minimum Gasteiger partial charge on any atom is -0.496 e. The predicted molar refractivity (Wildman–Crippen MR) is 103 cm³/mol. The van der Waals surface area contributed by atoms with Crippen LogP contribution in [0, 0.1) is 11.6 Å². The van der Waals surface area contributed by atoms with Crippen molar-refractivity contribution in [2.45, 2.75) is 12.3 Å². The van der Waals surface area contributed by atoms with Crippen LogP contribution in [-0.4, -0.2) is 17.6 Å². The quantitative estimate of drug-likeness (QED) is 0.667. The van der Waals surface area contributed by atoms with E-state index in [2.05, 4.69) is 0 Å². The second kappa shape index (κ2) is 6.87. The molecule has 0 fully saturated rings. The van der Waals surface area contributed by atoms with E-state index in [0.717, 1.165) is 29.0 Å². The average molecular weight is 402 g/mol. The van der Waals surface area contributed by atoms with Crippen LogP contribution in [0.5, 0.6) is 5.75 Å². The number of rotatable bonds is 3. The number of para-hydroxylation sites is 1. The predicted octanol–water partition coefficient (Wildman–Crippen LogP) is 3.93. The molecule has 0 unspecified atom stereocenters. The maximum Gasteiger partial charge on any atom is 0.308 e. The summed E-state index contributed by atoms with van der Waals surface area (Å²) in [5.74, 6) is -1.75. The lowest BCUT2D eigenvalue weighted by atomic mass is 9.89. The van der Waals surface area contributed by atoms with Gasteiger partial charge in [0, 0.05) is 31.0 Å². The molecule has 1 aliphatic heterocycles. The highest BCUT2D eigenvalue weighted by Crippen LogP contribution is 2.46. The number of ether oxygens (including phenoxy) is 1. The summed E-state index contributed by atoms with van der Waals surface area (Å²) >= 11 is 1.04. The monoisotopic (exact) mass is 402 g/mol. The fourth-order valence-electron chi connectivity index (χ4n) is 3.52. The summed E-state index contributed by atoms with van der Waals surface area (Å²) < 4.78 is 33.9. The van der Waals surface area contributed by atoms with Gasteiger partial charge in [0.15, 0.2) is 11.6 Å². The third kappa shape index (κ3) is 2.80. The van der Waals surface area contributed by atoms with E-state index < -0.39 is 11.6 Å². The number of aromatic nitrogens is 1. The van der Waals surface area contributed by atoms with Gasteiger partial charge in [-0.25, -0.2) is 8.78 Å². The van der Waals surface area contributed by atoms with Gasteiger partial charge in [-0.2, -0.15) is 0 Å². The number of carbonyl (C=O) groups excluding carboxylic acids is 1. The Morgan fingerprint density at radius 1 is 1.11 bits per heavy atom. The highest BCUT2D eigenvalue weighted by molar-refractivity contribution is 7.10. The van der Waals surface area contributed by atoms with Gasteiger partial charge >= 0.3 is 4.87 Å². The van der Waals surface area contributed by atoms with Crippen molar-refractivity contribution >= 4 is 28.7 Å². The number of amides is 1. The smallest absolute Gasteiger partial charge is 0.308 e. The average Bonchev–Trinajstić information content (AvgIpc) is 2.98. The Bertz CT molecular complexity index is 1140. The van der Waals surface area contributed by atoms with Crippen molar-refractivity contribution in [1.82, 2.24) is 4.57 Å². The Hall–Kier alpha value is -3.00. The number of methoxy groups -OCH3 is 1. The zero-order valence-electron chi connectivity index (χ0n) is 15.1. The van der Waals surface area contributed by atoms with E-state index in [9.17, 15) is 18.4 Å². The molecule has 8 heteroatoms. The lowest BCUT2D eigenvalue weighted by Gasteiger charge is -2.32. The molecule has 28 heavy (non-hydrogen) atoms. The van der Waals surface area contributed by atoms with Crippen LogP contribution in [-0.2, 0) is 11.8 Å². The van der Waals surface area contributed by atoms with Gasteiger partial charge in [0.05, 0.1) is 17.7 Å². The summed E-state index contributed by atoms with van der Waals surface area (Å²) in [5.41, 5.74) is 0.975. The van der Waals surface area contributed by atoms with E-state index in [1.165, 1.54) is 15.5 Å². The van der Waals surface area contributed by atoms with Gasteiger partial charge in [0.2, 0.25) is 5.91 Å². The lowest BCUT2D eigenvalue weighted by molar-refractivity contribution is -0.118. The zero-order chi connectivity index (χ0) is 20.0. The van der Waals surface area contributed by atoms with Gasteiger partial charge in [0.25, 0.3) is 0 Å². The number of halogens is 2. The first-order valence-corrected chi connectivity index (χ1v) is 9.34. The molecule has 2 aromatic carbocycles. The third-order valence-electron chi connectivity index (χ3n) is 4.84. The first-order valence-electron chi connectivity index (χ1n) is 8.53. The Morgan fingerprint density at radius 2 is 1.86 bits per heavy atom. The van der Waals surface area contributed by atoms with Crippen LogP contribution in [0.3, 0.4) is 0 Å². The summed E-state index contributed by atoms with van der Waals surface area (Å²) in [5, 5.41) is 0. The minimum absolute atomic E-state index is 0.0757. The van der Waals surface area contributed by atoms with Crippen LogP contribution in [0.15, 0.2) is 47.3 Å². The SMILES string of the molecule is COc1ccccc1[C@@H]1CC(=O)N(c2ccc(F)c(F)c2)c2c1sc(=O)n2C. The fourth-order valence-corrected chi connectivity index (χ4v) is 4.60. The highest BCUT2D eigenvalue weighted by Gasteiger charge is 2.38. The Morgan fingerprint density at radius 3 is 2.57 bits per heavy atom. The van der Waals surface area contributed by atoms with Crippen LogP contribution < -0.4 is 14.5 Å². The molecule has 1 amide bonds. The van der Waals surface area contributed by atoms with Crippen LogP contribution in [0.4, 0.5) is 20.3 Å². The minimum atomic E-state index is -1.06. The molecule has 144 valence electrons. The number of anilines is 2. The number of benzene rings is 2. The van der Waals surface area contributed by atoms with Crippen molar-refractivity contribution in [3.05, 3.63) is 74.2 Å². The molecule has 1 aliphatic rings. The zero-order valence-corrected chi connectivity index (χ0v) is 15.9. The molecule has 0 saturated carbocycles. The van der Waals surface area contributed by atoms with Gasteiger partial charge in [0.1, 0.15) is 11.6 Å². The molecule has 4 rings (SSSR count). The van der Waals surface area contributed by atoms with Gasteiger partial charge in [-0.15, -0.1) is 0 Å². The molecular weight excluding hydrogens is 386 g/mol. The third-order valence-corrected chi connectivity index (χ3v) is 5.98. The van der Waals surface area contributed by atoms with E-state index in [-0.39, 0.29) is 28.8 Å². The normalized spacial score (nSPS) is 16.2. The van der Waals surface area contributed by atoms with Crippen molar-refractivity contribution in [3.63, 3.8) is 0 Å². The number of nitrogens with zero attached hydrogens (tertiary/aromatic N) is 2. The Kier molecular flexibility index (Phi) is 4.50. The van der Waals surface area contributed by atoms with E-state index in [1.807, 2.05) is 18.2 Å². The molecule has 2 heterocycles. The first kappa shape index (κ1) is 18.4. The van der Waals surface area contributed by atoms with Crippen molar-refractivity contribution < 1.29 is 18.3 Å². The molecule has 0 bridgehead atoms. The lowest BCUT2D eigenvalue weighted by Crippen LogP contribution is -2.34. The van der Waals surface area contributed by atoms with Crippen molar-refractivity contribution in [2.75, 3.05) is 12.0 Å². The molecule has 5 nitrogen and oxygen atoms in total. The Labute approximate surface area is 163 Å². The first-order chi connectivity index (χ1) is 13.4. The summed E-state index contributed by atoms with van der Waals surface area (Å²) in [6, 6.07) is 10.6. The Balaban J connectivity index is 1.92. The van der Waals surface area contributed by atoms with Gasteiger partial charge in [-0.05, 0) is 18.2 Å².